The average molecular weight is 332 g/mol. The molecule has 1 amide bonds. The molecule has 1 aliphatic heterocycles. The summed E-state index contributed by atoms with van der Waals surface area (Å²) < 4.78 is 2.10. The van der Waals surface area contributed by atoms with Gasteiger partial charge < -0.3 is 9.88 Å². The van der Waals surface area contributed by atoms with Crippen LogP contribution in [0.3, 0.4) is 0 Å². The number of likely N-dealkylation sites (tertiary alicyclic amines) is 1. The highest BCUT2D eigenvalue weighted by molar-refractivity contribution is 5.86. The number of nitrogens with zero attached hydrogens (tertiary/aromatic N) is 3. The lowest BCUT2D eigenvalue weighted by Gasteiger charge is -2.46. The quantitative estimate of drug-likeness (QED) is 0.871. The van der Waals surface area contributed by atoms with Crippen molar-refractivity contribution >= 4 is 5.91 Å². The van der Waals surface area contributed by atoms with Gasteiger partial charge in [-0.25, -0.2) is 4.98 Å². The molecule has 0 radical (unpaired) electrons. The molecule has 2 aliphatic rings. The van der Waals surface area contributed by atoms with Crippen LogP contribution in [0.2, 0.25) is 0 Å². The van der Waals surface area contributed by atoms with Crippen molar-refractivity contribution in [2.45, 2.75) is 76.3 Å². The number of hydrogen-bond acceptors (Lipinski definition) is 3. The Morgan fingerprint density at radius 2 is 1.88 bits per heavy atom. The first kappa shape index (κ1) is 17.5. The zero-order valence-electron chi connectivity index (χ0n) is 15.0. The fourth-order valence-corrected chi connectivity index (χ4v) is 4.38. The number of piperidine rings is 1. The van der Waals surface area contributed by atoms with E-state index in [2.05, 4.69) is 26.7 Å². The van der Waals surface area contributed by atoms with Crippen molar-refractivity contribution in [3.8, 4) is 0 Å². The predicted molar refractivity (Wildman–Crippen MR) is 95.8 cm³/mol. The molecule has 2 fully saturated rings. The van der Waals surface area contributed by atoms with Crippen molar-refractivity contribution in [1.29, 1.82) is 0 Å². The minimum Gasteiger partial charge on any atom is -0.354 e. The molecule has 0 spiro atoms. The number of imidazole rings is 1. The molecule has 2 heterocycles. The van der Waals surface area contributed by atoms with E-state index in [9.17, 15) is 4.79 Å². The van der Waals surface area contributed by atoms with E-state index >= 15 is 0 Å². The summed E-state index contributed by atoms with van der Waals surface area (Å²) in [5.74, 6) is 0.280. The summed E-state index contributed by atoms with van der Waals surface area (Å²) >= 11 is 0. The molecule has 24 heavy (non-hydrogen) atoms. The fraction of sp³-hybridized carbons (Fsp3) is 0.789. The third-order valence-corrected chi connectivity index (χ3v) is 5.95. The summed E-state index contributed by atoms with van der Waals surface area (Å²) in [6.45, 7) is 5.11. The maximum atomic E-state index is 13.1. The van der Waals surface area contributed by atoms with Gasteiger partial charge in [0.25, 0.3) is 0 Å². The Morgan fingerprint density at radius 3 is 2.54 bits per heavy atom. The lowest BCUT2D eigenvalue weighted by atomic mass is 9.78. The Balaban J connectivity index is 1.57. The van der Waals surface area contributed by atoms with Gasteiger partial charge in [0.05, 0.1) is 6.33 Å². The van der Waals surface area contributed by atoms with Crippen LogP contribution in [0, 0.1) is 0 Å². The van der Waals surface area contributed by atoms with E-state index in [4.69, 9.17) is 0 Å². The number of aromatic nitrogens is 2. The molecule has 1 aromatic heterocycles. The number of nitrogens with one attached hydrogen (secondary N) is 1. The second-order valence-corrected chi connectivity index (χ2v) is 7.54. The molecule has 1 saturated heterocycles. The van der Waals surface area contributed by atoms with E-state index in [1.165, 1.54) is 38.5 Å². The van der Waals surface area contributed by atoms with E-state index in [1.807, 2.05) is 18.7 Å². The normalized spacial score (nSPS) is 22.9. The van der Waals surface area contributed by atoms with Gasteiger partial charge in [-0.1, -0.05) is 25.7 Å². The van der Waals surface area contributed by atoms with Crippen molar-refractivity contribution in [2.75, 3.05) is 19.6 Å². The summed E-state index contributed by atoms with van der Waals surface area (Å²) in [6.07, 6.45) is 16.1. The van der Waals surface area contributed by atoms with Crippen LogP contribution in [-0.4, -0.2) is 45.5 Å². The van der Waals surface area contributed by atoms with E-state index in [1.54, 1.807) is 0 Å². The number of carbonyl (C=O) groups excluding carboxylic acids is 1. The van der Waals surface area contributed by atoms with E-state index in [-0.39, 0.29) is 11.4 Å². The van der Waals surface area contributed by atoms with Gasteiger partial charge in [0.1, 0.15) is 5.54 Å². The highest BCUT2D eigenvalue weighted by Gasteiger charge is 2.44. The van der Waals surface area contributed by atoms with E-state index < -0.39 is 0 Å². The molecular weight excluding hydrogens is 300 g/mol. The molecule has 1 saturated carbocycles. The number of carbonyl (C=O) groups is 1. The molecular formula is C19H32N4O. The predicted octanol–water partition coefficient (Wildman–Crippen LogP) is 3.14. The number of hydrogen-bond donors (Lipinski definition) is 1. The van der Waals surface area contributed by atoms with Crippen LogP contribution in [0.1, 0.15) is 70.8 Å². The summed E-state index contributed by atoms with van der Waals surface area (Å²) in [7, 11) is 0. The molecule has 1 N–H and O–H groups in total. The monoisotopic (exact) mass is 332 g/mol. The molecule has 1 atom stereocenters. The fourth-order valence-electron chi connectivity index (χ4n) is 4.38. The molecule has 1 aliphatic carbocycles. The topological polar surface area (TPSA) is 50.2 Å². The third kappa shape index (κ3) is 3.82. The summed E-state index contributed by atoms with van der Waals surface area (Å²) in [6, 6.07) is 0.366. The zero-order valence-corrected chi connectivity index (χ0v) is 15.0. The number of rotatable bonds is 6. The average Bonchev–Trinajstić information content (AvgIpc) is 3.17. The molecule has 1 aromatic rings. The van der Waals surface area contributed by atoms with Gasteiger partial charge in [0.2, 0.25) is 5.91 Å². The SMILES string of the molecule is C[C@@H](CCNC(=O)C1(N2CCCCC2)CCCCC1)n1ccnc1. The first-order valence-electron chi connectivity index (χ1n) is 9.73. The molecule has 3 rings (SSSR count). The summed E-state index contributed by atoms with van der Waals surface area (Å²) in [4.78, 5) is 19.7. The smallest absolute Gasteiger partial charge is 0.240 e. The van der Waals surface area contributed by atoms with E-state index in [0.29, 0.717) is 6.04 Å². The second kappa shape index (κ2) is 8.15. The van der Waals surface area contributed by atoms with Gasteiger partial charge in [-0.15, -0.1) is 0 Å². The molecule has 134 valence electrons. The molecule has 0 unspecified atom stereocenters. The maximum absolute atomic E-state index is 13.1. The highest BCUT2D eigenvalue weighted by Crippen LogP contribution is 2.35. The Morgan fingerprint density at radius 1 is 1.17 bits per heavy atom. The first-order chi connectivity index (χ1) is 11.7. The Kier molecular flexibility index (Phi) is 5.93. The minimum atomic E-state index is -0.225. The van der Waals surface area contributed by atoms with Gasteiger partial charge in [0, 0.05) is 25.0 Å². The molecule has 5 heteroatoms. The summed E-state index contributed by atoms with van der Waals surface area (Å²) in [5.41, 5.74) is -0.225. The van der Waals surface area contributed by atoms with Crippen molar-refractivity contribution in [3.05, 3.63) is 18.7 Å². The van der Waals surface area contributed by atoms with Gasteiger partial charge in [-0.05, 0) is 52.1 Å². The molecule has 0 bridgehead atoms. The van der Waals surface area contributed by atoms with Crippen molar-refractivity contribution in [3.63, 3.8) is 0 Å². The highest BCUT2D eigenvalue weighted by atomic mass is 16.2. The van der Waals surface area contributed by atoms with E-state index in [0.717, 1.165) is 38.9 Å². The molecule has 5 nitrogen and oxygen atoms in total. The standard InChI is InChI=1S/C19H32N4O/c1-17(22-15-12-20-16-22)8-11-21-18(24)19(9-4-2-5-10-19)23-13-6-3-7-14-23/h12,15-17H,2-11,13-14H2,1H3,(H,21,24)/t17-/m0/s1. The van der Waals surface area contributed by atoms with Gasteiger partial charge in [-0.3, -0.25) is 9.69 Å². The van der Waals surface area contributed by atoms with Crippen molar-refractivity contribution < 1.29 is 4.79 Å². The number of amides is 1. The lowest BCUT2D eigenvalue weighted by molar-refractivity contribution is -0.137. The maximum Gasteiger partial charge on any atom is 0.240 e. The van der Waals surface area contributed by atoms with Crippen LogP contribution < -0.4 is 5.32 Å². The zero-order chi connectivity index (χ0) is 16.8. The minimum absolute atomic E-state index is 0.225. The summed E-state index contributed by atoms with van der Waals surface area (Å²) in [5, 5.41) is 3.27. The second-order valence-electron chi connectivity index (χ2n) is 7.54. The van der Waals surface area contributed by atoms with Crippen molar-refractivity contribution in [2.24, 2.45) is 0 Å². The van der Waals surface area contributed by atoms with Crippen LogP contribution in [0.15, 0.2) is 18.7 Å². The van der Waals surface area contributed by atoms with Crippen LogP contribution in [0.4, 0.5) is 0 Å². The van der Waals surface area contributed by atoms with Crippen LogP contribution >= 0.6 is 0 Å². The Bertz CT molecular complexity index is 501. The van der Waals surface area contributed by atoms with Gasteiger partial charge in [-0.2, -0.15) is 0 Å². The molecule has 0 aromatic carbocycles. The first-order valence-corrected chi connectivity index (χ1v) is 9.73. The van der Waals surface area contributed by atoms with Crippen molar-refractivity contribution in [1.82, 2.24) is 19.8 Å². The Labute approximate surface area is 145 Å². The third-order valence-electron chi connectivity index (χ3n) is 5.95. The van der Waals surface area contributed by atoms with Gasteiger partial charge >= 0.3 is 0 Å². The Hall–Kier alpha value is -1.36. The van der Waals surface area contributed by atoms with Gasteiger partial charge in [0.15, 0.2) is 0 Å². The van der Waals surface area contributed by atoms with Crippen LogP contribution in [0.25, 0.3) is 0 Å². The van der Waals surface area contributed by atoms with Crippen LogP contribution in [-0.2, 0) is 4.79 Å². The largest absolute Gasteiger partial charge is 0.354 e. The lowest BCUT2D eigenvalue weighted by Crippen LogP contribution is -2.61. The van der Waals surface area contributed by atoms with Crippen LogP contribution in [0.5, 0.6) is 0 Å².